The molecule has 0 radical (unpaired) electrons. The van der Waals surface area contributed by atoms with Crippen LogP contribution in [0.5, 0.6) is 5.75 Å². The van der Waals surface area contributed by atoms with Gasteiger partial charge in [0, 0.05) is 12.0 Å². The largest absolute Gasteiger partial charge is 0.490 e. The predicted octanol–water partition coefficient (Wildman–Crippen LogP) is 4.16. The van der Waals surface area contributed by atoms with Gasteiger partial charge in [0.05, 0.1) is 6.10 Å². The van der Waals surface area contributed by atoms with E-state index in [0.29, 0.717) is 12.5 Å². The highest BCUT2D eigenvalue weighted by atomic mass is 16.5. The molecule has 0 bridgehead atoms. The van der Waals surface area contributed by atoms with E-state index in [1.165, 1.54) is 37.7 Å². The van der Waals surface area contributed by atoms with Crippen molar-refractivity contribution in [1.82, 2.24) is 0 Å². The third kappa shape index (κ3) is 2.68. The van der Waals surface area contributed by atoms with Crippen molar-refractivity contribution in [3.05, 3.63) is 29.3 Å². The molecule has 2 heteroatoms. The van der Waals surface area contributed by atoms with E-state index in [-0.39, 0.29) is 5.78 Å². The maximum Gasteiger partial charge on any atom is 0.163 e. The Labute approximate surface area is 115 Å². The van der Waals surface area contributed by atoms with E-state index in [9.17, 15) is 4.79 Å². The van der Waals surface area contributed by atoms with Crippen LogP contribution in [0.1, 0.15) is 61.4 Å². The molecule has 0 heterocycles. The molecule has 3 rings (SSSR count). The Morgan fingerprint density at radius 2 is 2.16 bits per heavy atom. The number of rotatable bonds is 3. The van der Waals surface area contributed by atoms with Crippen LogP contribution in [-0.2, 0) is 6.42 Å². The first kappa shape index (κ1) is 12.7. The van der Waals surface area contributed by atoms with Gasteiger partial charge in [-0.15, -0.1) is 0 Å². The molecule has 2 atom stereocenters. The van der Waals surface area contributed by atoms with Crippen molar-refractivity contribution in [2.45, 2.75) is 58.0 Å². The number of aryl methyl sites for hydroxylation is 1. The van der Waals surface area contributed by atoms with Crippen LogP contribution in [0.4, 0.5) is 0 Å². The number of hydrogen-bond acceptors (Lipinski definition) is 2. The van der Waals surface area contributed by atoms with Gasteiger partial charge in [-0.3, -0.25) is 4.79 Å². The smallest absolute Gasteiger partial charge is 0.163 e. The number of benzene rings is 1. The minimum atomic E-state index is 0.283. The maximum atomic E-state index is 11.6. The molecule has 0 N–H and O–H groups in total. The van der Waals surface area contributed by atoms with Gasteiger partial charge in [-0.2, -0.15) is 0 Å². The summed E-state index contributed by atoms with van der Waals surface area (Å²) in [7, 11) is 0. The molecule has 19 heavy (non-hydrogen) atoms. The number of ketones is 1. The molecule has 102 valence electrons. The summed E-state index contributed by atoms with van der Waals surface area (Å²) in [4.78, 5) is 11.6. The van der Waals surface area contributed by atoms with Gasteiger partial charge in [0.25, 0.3) is 0 Å². The number of fused-ring (bicyclic) bond motifs is 1. The Bertz CT molecular complexity index is 478. The van der Waals surface area contributed by atoms with Crippen LogP contribution in [0.25, 0.3) is 0 Å². The number of carbonyl (C=O) groups is 1. The number of hydrogen-bond donors (Lipinski definition) is 0. The summed E-state index contributed by atoms with van der Waals surface area (Å²) in [6.07, 6.45) is 8.18. The van der Waals surface area contributed by atoms with Crippen LogP contribution in [0.15, 0.2) is 18.2 Å². The first-order valence-electron chi connectivity index (χ1n) is 7.59. The van der Waals surface area contributed by atoms with Crippen LogP contribution in [0, 0.1) is 5.92 Å². The van der Waals surface area contributed by atoms with Gasteiger partial charge in [0.2, 0.25) is 0 Å². The molecule has 0 aliphatic heterocycles. The Morgan fingerprint density at radius 3 is 3.00 bits per heavy atom. The topological polar surface area (TPSA) is 26.3 Å². The first-order valence-corrected chi connectivity index (χ1v) is 7.59. The molecular formula is C17H22O2. The van der Waals surface area contributed by atoms with Crippen molar-refractivity contribution in [1.29, 1.82) is 0 Å². The quantitative estimate of drug-likeness (QED) is 0.813. The monoisotopic (exact) mass is 258 g/mol. The Kier molecular flexibility index (Phi) is 3.58. The third-order valence-corrected chi connectivity index (χ3v) is 4.61. The molecule has 1 fully saturated rings. The maximum absolute atomic E-state index is 11.6. The fourth-order valence-corrected chi connectivity index (χ4v) is 3.42. The molecule has 2 aliphatic carbocycles. The lowest BCUT2D eigenvalue weighted by Crippen LogP contribution is -2.25. The molecule has 0 saturated heterocycles. The van der Waals surface area contributed by atoms with Crippen LogP contribution in [0.3, 0.4) is 0 Å². The van der Waals surface area contributed by atoms with Crippen LogP contribution >= 0.6 is 0 Å². The summed E-state index contributed by atoms with van der Waals surface area (Å²) in [5, 5.41) is 0. The number of carbonyl (C=O) groups excluding carboxylic acids is 1. The summed E-state index contributed by atoms with van der Waals surface area (Å²) in [6.45, 7) is 2.27. The molecular weight excluding hydrogens is 236 g/mol. The zero-order chi connectivity index (χ0) is 13.2. The lowest BCUT2D eigenvalue weighted by molar-refractivity contribution is 0.0994. The zero-order valence-corrected chi connectivity index (χ0v) is 11.7. The zero-order valence-electron chi connectivity index (χ0n) is 11.7. The van der Waals surface area contributed by atoms with Gasteiger partial charge in [0.1, 0.15) is 5.75 Å². The van der Waals surface area contributed by atoms with Gasteiger partial charge in [0.15, 0.2) is 5.78 Å². The van der Waals surface area contributed by atoms with E-state index in [1.807, 2.05) is 12.1 Å². The highest BCUT2D eigenvalue weighted by Crippen LogP contribution is 2.31. The second-order valence-electron chi connectivity index (χ2n) is 5.92. The molecule has 1 aromatic carbocycles. The fraction of sp³-hybridized carbons (Fsp3) is 0.588. The average molecular weight is 258 g/mol. The second-order valence-corrected chi connectivity index (χ2v) is 5.92. The normalized spacial score (nSPS) is 26.3. The molecule has 1 aromatic rings. The van der Waals surface area contributed by atoms with Gasteiger partial charge in [-0.05, 0) is 55.4 Å². The van der Waals surface area contributed by atoms with Crippen molar-refractivity contribution in [3.8, 4) is 5.75 Å². The van der Waals surface area contributed by atoms with Crippen LogP contribution in [-0.4, -0.2) is 11.9 Å². The second kappa shape index (κ2) is 5.36. The Hall–Kier alpha value is -1.31. The fourth-order valence-electron chi connectivity index (χ4n) is 3.42. The summed E-state index contributed by atoms with van der Waals surface area (Å²) in [5.41, 5.74) is 2.08. The summed E-state index contributed by atoms with van der Waals surface area (Å²) in [5.74, 6) is 2.07. The summed E-state index contributed by atoms with van der Waals surface area (Å²) in [6, 6.07) is 5.99. The third-order valence-electron chi connectivity index (χ3n) is 4.61. The highest BCUT2D eigenvalue weighted by Gasteiger charge is 2.23. The highest BCUT2D eigenvalue weighted by molar-refractivity contribution is 6.00. The summed E-state index contributed by atoms with van der Waals surface area (Å²) < 4.78 is 6.14. The molecule has 0 aromatic heterocycles. The summed E-state index contributed by atoms with van der Waals surface area (Å²) >= 11 is 0. The molecule has 2 aliphatic rings. The lowest BCUT2D eigenvalue weighted by atomic mass is 9.85. The lowest BCUT2D eigenvalue weighted by Gasteiger charge is -2.29. The predicted molar refractivity (Wildman–Crippen MR) is 75.8 cm³/mol. The average Bonchev–Trinajstić information content (AvgIpc) is 2.80. The van der Waals surface area contributed by atoms with Crippen LogP contribution < -0.4 is 4.74 Å². The van der Waals surface area contributed by atoms with Crippen molar-refractivity contribution in [3.63, 3.8) is 0 Å². The first-order chi connectivity index (χ1) is 9.26. The van der Waals surface area contributed by atoms with Crippen molar-refractivity contribution in [2.75, 3.05) is 0 Å². The van der Waals surface area contributed by atoms with Crippen molar-refractivity contribution < 1.29 is 9.53 Å². The van der Waals surface area contributed by atoms with E-state index in [1.54, 1.807) is 0 Å². The van der Waals surface area contributed by atoms with E-state index < -0.39 is 0 Å². The number of Topliss-reactive ketones (excluding diaryl/α,β-unsaturated/α-hetero) is 1. The van der Waals surface area contributed by atoms with Crippen molar-refractivity contribution >= 4 is 5.78 Å². The SMILES string of the molecule is CCC1CCCC(Oc2ccc3c(c2)CCC3=O)C1. The van der Waals surface area contributed by atoms with E-state index in [4.69, 9.17) is 4.74 Å². The van der Waals surface area contributed by atoms with Gasteiger partial charge in [-0.25, -0.2) is 0 Å². The van der Waals surface area contributed by atoms with Gasteiger partial charge < -0.3 is 4.74 Å². The minimum absolute atomic E-state index is 0.283. The van der Waals surface area contributed by atoms with Crippen molar-refractivity contribution in [2.24, 2.45) is 5.92 Å². The van der Waals surface area contributed by atoms with Gasteiger partial charge in [-0.1, -0.05) is 19.8 Å². The number of ether oxygens (including phenoxy) is 1. The molecule has 0 spiro atoms. The molecule has 2 nitrogen and oxygen atoms in total. The molecule has 1 saturated carbocycles. The van der Waals surface area contributed by atoms with Gasteiger partial charge >= 0.3 is 0 Å². The van der Waals surface area contributed by atoms with Crippen LogP contribution in [0.2, 0.25) is 0 Å². The minimum Gasteiger partial charge on any atom is -0.490 e. The van der Waals surface area contributed by atoms with E-state index in [2.05, 4.69) is 13.0 Å². The standard InChI is InChI=1S/C17H22O2/c1-2-12-4-3-5-14(10-12)19-15-7-8-16-13(11-15)6-9-17(16)18/h7-8,11-12,14H,2-6,9-10H2,1H3. The molecule has 2 unspecified atom stereocenters. The molecule has 0 amide bonds. The Morgan fingerprint density at radius 1 is 1.26 bits per heavy atom. The van der Waals surface area contributed by atoms with E-state index in [0.717, 1.165) is 23.7 Å². The van der Waals surface area contributed by atoms with E-state index >= 15 is 0 Å². The Balaban J connectivity index is 1.68.